The van der Waals surface area contributed by atoms with Crippen LogP contribution in [0.15, 0.2) is 30.3 Å². The minimum absolute atomic E-state index is 0. The number of anilines is 2. The van der Waals surface area contributed by atoms with E-state index in [1.807, 2.05) is 65.8 Å². The van der Waals surface area contributed by atoms with Crippen LogP contribution in [-0.4, -0.2) is 33.2 Å². The van der Waals surface area contributed by atoms with Gasteiger partial charge in [-0.2, -0.15) is 0 Å². The number of ether oxygens (including phenoxy) is 2. The van der Waals surface area contributed by atoms with Crippen molar-refractivity contribution in [3.63, 3.8) is 0 Å². The van der Waals surface area contributed by atoms with Gasteiger partial charge in [-0.15, -0.1) is 0 Å². The molecule has 2 aromatic rings. The Morgan fingerprint density at radius 3 is 1.72 bits per heavy atom. The highest BCUT2D eigenvalue weighted by molar-refractivity contribution is 6.33. The largest absolute Gasteiger partial charge is 0.444 e. The summed E-state index contributed by atoms with van der Waals surface area (Å²) in [5.41, 5.74) is 16.2. The summed E-state index contributed by atoms with van der Waals surface area (Å²) in [6.07, 6.45) is -0.609. The molecule has 0 radical (unpaired) electrons. The number of nitrogens with two attached hydrogens (primary N) is 2. The molecular formula is C27H39ClN4O4. The Balaban J connectivity index is 0.000000247. The Hall–Kier alpha value is -3.13. The zero-order valence-electron chi connectivity index (χ0n) is 21.3. The number of nitrogen functional groups attached to an aromatic ring is 2. The number of rotatable bonds is 0. The van der Waals surface area contributed by atoms with E-state index in [9.17, 15) is 9.59 Å². The van der Waals surface area contributed by atoms with Crippen LogP contribution in [0, 0.1) is 0 Å². The highest BCUT2D eigenvalue weighted by atomic mass is 35.5. The van der Waals surface area contributed by atoms with Crippen LogP contribution in [0.5, 0.6) is 0 Å². The van der Waals surface area contributed by atoms with Gasteiger partial charge < -0.3 is 20.9 Å². The van der Waals surface area contributed by atoms with E-state index < -0.39 is 11.2 Å². The van der Waals surface area contributed by atoms with Crippen LogP contribution in [0.1, 0.15) is 71.2 Å². The van der Waals surface area contributed by atoms with Crippen molar-refractivity contribution < 1.29 is 19.1 Å². The SMILES string of the molecule is C.CC(C)(C)OC(=O)N1Cc2ccc(Cl)c(N)c2C1.CC(C)(C)OC(=O)N1Cc2cccc(N)c2C1. The number of hydrogen-bond acceptors (Lipinski definition) is 6. The maximum atomic E-state index is 12.0. The van der Waals surface area contributed by atoms with Gasteiger partial charge in [-0.3, -0.25) is 9.80 Å². The monoisotopic (exact) mass is 518 g/mol. The standard InChI is InChI=1S/C13H17ClN2O2.C13H18N2O2.CH4/c1-13(2,3)18-12(17)16-6-8-4-5-10(14)11(15)9(8)7-16;1-13(2,3)17-12(16)15-7-9-5-4-6-11(14)10(9)8-15;/h4-5H,6-7,15H2,1-3H3;4-6H,7-8,14H2,1-3H3;1H4. The summed E-state index contributed by atoms with van der Waals surface area (Å²) in [6, 6.07) is 9.42. The normalized spacial score (nSPS) is 14.2. The maximum absolute atomic E-state index is 12.0. The van der Waals surface area contributed by atoms with Crippen molar-refractivity contribution in [2.75, 3.05) is 11.5 Å². The Morgan fingerprint density at radius 2 is 1.25 bits per heavy atom. The second-order valence-corrected chi connectivity index (χ2v) is 11.2. The lowest BCUT2D eigenvalue weighted by atomic mass is 10.1. The van der Waals surface area contributed by atoms with Crippen LogP contribution in [-0.2, 0) is 35.7 Å². The molecule has 0 aromatic heterocycles. The van der Waals surface area contributed by atoms with E-state index in [0.717, 1.165) is 27.9 Å². The smallest absolute Gasteiger partial charge is 0.410 e. The number of carbonyl (C=O) groups excluding carboxylic acids is 2. The van der Waals surface area contributed by atoms with Gasteiger partial charge in [0.2, 0.25) is 0 Å². The maximum Gasteiger partial charge on any atom is 0.410 e. The van der Waals surface area contributed by atoms with E-state index in [4.69, 9.17) is 32.5 Å². The molecule has 9 heteroatoms. The lowest BCUT2D eigenvalue weighted by molar-refractivity contribution is 0.0232. The second kappa shape index (κ2) is 10.9. The van der Waals surface area contributed by atoms with Gasteiger partial charge in [0.05, 0.1) is 23.8 Å². The minimum atomic E-state index is -0.491. The van der Waals surface area contributed by atoms with Crippen LogP contribution in [0.3, 0.4) is 0 Å². The van der Waals surface area contributed by atoms with Gasteiger partial charge in [0.15, 0.2) is 0 Å². The predicted octanol–water partition coefficient (Wildman–Crippen LogP) is 6.33. The summed E-state index contributed by atoms with van der Waals surface area (Å²) >= 11 is 5.97. The molecule has 198 valence electrons. The molecule has 0 bridgehead atoms. The van der Waals surface area contributed by atoms with Crippen molar-refractivity contribution in [2.45, 2.75) is 86.4 Å². The number of amides is 2. The molecule has 0 fully saturated rings. The fourth-order valence-corrected chi connectivity index (χ4v) is 4.00. The number of hydrogen-bond donors (Lipinski definition) is 2. The fourth-order valence-electron chi connectivity index (χ4n) is 3.83. The summed E-state index contributed by atoms with van der Waals surface area (Å²) < 4.78 is 10.7. The number of fused-ring (bicyclic) bond motifs is 2. The first-order chi connectivity index (χ1) is 16.1. The highest BCUT2D eigenvalue weighted by Crippen LogP contribution is 2.33. The number of carbonyl (C=O) groups is 2. The zero-order chi connectivity index (χ0) is 26.1. The molecular weight excluding hydrogens is 480 g/mol. The molecule has 4 rings (SSSR count). The van der Waals surface area contributed by atoms with Gasteiger partial charge >= 0.3 is 12.2 Å². The minimum Gasteiger partial charge on any atom is -0.444 e. The zero-order valence-corrected chi connectivity index (χ0v) is 22.0. The summed E-state index contributed by atoms with van der Waals surface area (Å²) in [5.74, 6) is 0. The average Bonchev–Trinajstić information content (AvgIpc) is 3.35. The number of nitrogens with zero attached hydrogens (tertiary/aromatic N) is 2. The fraction of sp³-hybridized carbons (Fsp3) is 0.481. The number of halogens is 1. The van der Waals surface area contributed by atoms with Crippen molar-refractivity contribution >= 4 is 35.2 Å². The topological polar surface area (TPSA) is 111 Å². The molecule has 0 saturated heterocycles. The molecule has 4 N–H and O–H groups in total. The van der Waals surface area contributed by atoms with Crippen molar-refractivity contribution in [1.82, 2.24) is 9.80 Å². The average molecular weight is 519 g/mol. The summed E-state index contributed by atoms with van der Waals surface area (Å²) in [7, 11) is 0. The molecule has 2 aliphatic heterocycles. The van der Waals surface area contributed by atoms with Gasteiger partial charge in [0.25, 0.3) is 0 Å². The molecule has 0 unspecified atom stereocenters. The third-order valence-corrected chi connectivity index (χ3v) is 5.76. The third-order valence-electron chi connectivity index (χ3n) is 5.43. The summed E-state index contributed by atoms with van der Waals surface area (Å²) in [4.78, 5) is 27.2. The summed E-state index contributed by atoms with van der Waals surface area (Å²) in [5, 5.41) is 0.528. The molecule has 36 heavy (non-hydrogen) atoms. The highest BCUT2D eigenvalue weighted by Gasteiger charge is 2.30. The van der Waals surface area contributed by atoms with E-state index in [-0.39, 0.29) is 19.6 Å². The molecule has 8 nitrogen and oxygen atoms in total. The summed E-state index contributed by atoms with van der Waals surface area (Å²) in [6.45, 7) is 13.2. The van der Waals surface area contributed by atoms with E-state index in [1.54, 1.807) is 15.9 Å². The third kappa shape index (κ3) is 7.20. The lowest BCUT2D eigenvalue weighted by Gasteiger charge is -2.24. The predicted molar refractivity (Wildman–Crippen MR) is 144 cm³/mol. The van der Waals surface area contributed by atoms with E-state index >= 15 is 0 Å². The molecule has 0 atom stereocenters. The molecule has 2 aliphatic rings. The first-order valence-corrected chi connectivity index (χ1v) is 11.9. The second-order valence-electron chi connectivity index (χ2n) is 10.8. The van der Waals surface area contributed by atoms with Gasteiger partial charge in [0.1, 0.15) is 11.2 Å². The Bertz CT molecular complexity index is 1120. The molecule has 2 aromatic carbocycles. The Morgan fingerprint density at radius 1 is 0.778 bits per heavy atom. The van der Waals surface area contributed by atoms with Crippen LogP contribution in [0.2, 0.25) is 5.02 Å². The molecule has 2 amide bonds. The van der Waals surface area contributed by atoms with Gasteiger partial charge in [-0.25, -0.2) is 9.59 Å². The van der Waals surface area contributed by atoms with Crippen LogP contribution in [0.25, 0.3) is 0 Å². The van der Waals surface area contributed by atoms with Crippen molar-refractivity contribution in [2.24, 2.45) is 0 Å². The van der Waals surface area contributed by atoms with Crippen molar-refractivity contribution in [3.8, 4) is 0 Å². The Kier molecular flexibility index (Phi) is 8.78. The lowest BCUT2D eigenvalue weighted by Crippen LogP contribution is -2.33. The van der Waals surface area contributed by atoms with Crippen LogP contribution < -0.4 is 11.5 Å². The quantitative estimate of drug-likeness (QED) is 0.394. The number of benzene rings is 2. The van der Waals surface area contributed by atoms with Crippen LogP contribution >= 0.6 is 11.6 Å². The van der Waals surface area contributed by atoms with E-state index in [2.05, 4.69) is 0 Å². The molecule has 2 heterocycles. The van der Waals surface area contributed by atoms with Gasteiger partial charge in [0, 0.05) is 24.3 Å². The van der Waals surface area contributed by atoms with E-state index in [1.165, 1.54) is 0 Å². The van der Waals surface area contributed by atoms with Gasteiger partial charge in [-0.1, -0.05) is 37.2 Å². The van der Waals surface area contributed by atoms with Crippen molar-refractivity contribution in [1.29, 1.82) is 0 Å². The van der Waals surface area contributed by atoms with Crippen LogP contribution in [0.4, 0.5) is 21.0 Å². The first-order valence-electron chi connectivity index (χ1n) is 11.5. The molecule has 0 saturated carbocycles. The first kappa shape index (κ1) is 29.1. The van der Waals surface area contributed by atoms with Crippen molar-refractivity contribution in [3.05, 3.63) is 57.6 Å². The Labute approximate surface area is 219 Å². The van der Waals surface area contributed by atoms with E-state index in [0.29, 0.717) is 36.9 Å². The molecule has 0 spiro atoms. The molecule has 0 aliphatic carbocycles. The van der Waals surface area contributed by atoms with Gasteiger partial charge in [-0.05, 0) is 70.4 Å².